The van der Waals surface area contributed by atoms with Crippen LogP contribution in [-0.4, -0.2) is 43.0 Å². The molecule has 0 bridgehead atoms. The van der Waals surface area contributed by atoms with Gasteiger partial charge in [-0.15, -0.1) is 0 Å². The first-order chi connectivity index (χ1) is 10.2. The van der Waals surface area contributed by atoms with Crippen molar-refractivity contribution in [1.82, 2.24) is 10.2 Å². The Labute approximate surface area is 126 Å². The fraction of sp³-hybridized carbons (Fsp3) is 0.625. The van der Waals surface area contributed by atoms with Crippen LogP contribution in [0.2, 0.25) is 0 Å². The van der Waals surface area contributed by atoms with Crippen LogP contribution in [0.5, 0.6) is 0 Å². The lowest BCUT2D eigenvalue weighted by molar-refractivity contribution is -0.385. The number of nitro groups is 1. The molecule has 1 saturated heterocycles. The number of nitrogens with zero attached hydrogens (tertiary/aromatic N) is 2. The van der Waals surface area contributed by atoms with E-state index in [1.165, 1.54) is 19.3 Å². The predicted octanol–water partition coefficient (Wildman–Crippen LogP) is 2.46. The van der Waals surface area contributed by atoms with Gasteiger partial charge in [0.1, 0.15) is 0 Å². The van der Waals surface area contributed by atoms with Crippen molar-refractivity contribution in [1.29, 1.82) is 0 Å². The number of rotatable bonds is 7. The van der Waals surface area contributed by atoms with Gasteiger partial charge in [0, 0.05) is 18.2 Å². The standard InChI is InChI=1S/C16H25N3O2/c1-17-10-6-14-7-11-18(12-8-14)13-9-15-4-2-3-5-16(15)19(20)21/h2-5,14,17H,6-13H2,1H3. The Kier molecular flexibility index (Phi) is 6.14. The number of para-hydroxylation sites is 1. The van der Waals surface area contributed by atoms with Crippen molar-refractivity contribution < 1.29 is 4.92 Å². The molecule has 0 radical (unpaired) electrons. The summed E-state index contributed by atoms with van der Waals surface area (Å²) < 4.78 is 0. The molecule has 21 heavy (non-hydrogen) atoms. The lowest BCUT2D eigenvalue weighted by Crippen LogP contribution is -2.35. The molecule has 1 N–H and O–H groups in total. The van der Waals surface area contributed by atoms with Crippen LogP contribution >= 0.6 is 0 Å². The van der Waals surface area contributed by atoms with E-state index in [-0.39, 0.29) is 10.6 Å². The summed E-state index contributed by atoms with van der Waals surface area (Å²) in [5, 5.41) is 14.2. The summed E-state index contributed by atoms with van der Waals surface area (Å²) in [5.41, 5.74) is 1.10. The van der Waals surface area contributed by atoms with E-state index in [0.717, 1.165) is 44.1 Å². The minimum Gasteiger partial charge on any atom is -0.320 e. The summed E-state index contributed by atoms with van der Waals surface area (Å²) >= 11 is 0. The SMILES string of the molecule is CNCCC1CCN(CCc2ccccc2[N+](=O)[O-])CC1. The summed E-state index contributed by atoms with van der Waals surface area (Å²) in [4.78, 5) is 13.2. The highest BCUT2D eigenvalue weighted by molar-refractivity contribution is 5.39. The molecule has 5 heteroatoms. The van der Waals surface area contributed by atoms with Crippen LogP contribution in [0.4, 0.5) is 5.69 Å². The predicted molar refractivity (Wildman–Crippen MR) is 84.5 cm³/mol. The molecular weight excluding hydrogens is 266 g/mol. The summed E-state index contributed by atoms with van der Waals surface area (Å²) in [5.74, 6) is 0.833. The van der Waals surface area contributed by atoms with Gasteiger partial charge in [0.05, 0.1) is 4.92 Å². The molecule has 0 unspecified atom stereocenters. The van der Waals surface area contributed by atoms with Crippen molar-refractivity contribution >= 4 is 5.69 Å². The van der Waals surface area contributed by atoms with Crippen LogP contribution in [0.3, 0.4) is 0 Å². The number of hydrogen-bond donors (Lipinski definition) is 1. The Morgan fingerprint density at radius 1 is 1.33 bits per heavy atom. The van der Waals surface area contributed by atoms with Crippen molar-refractivity contribution in [3.63, 3.8) is 0 Å². The minimum atomic E-state index is -0.278. The molecule has 0 aliphatic carbocycles. The highest BCUT2D eigenvalue weighted by Gasteiger charge is 2.19. The molecule has 1 aliphatic heterocycles. The summed E-state index contributed by atoms with van der Waals surface area (Å²) in [7, 11) is 2.00. The lowest BCUT2D eigenvalue weighted by Gasteiger charge is -2.31. The van der Waals surface area contributed by atoms with E-state index in [1.54, 1.807) is 12.1 Å². The average Bonchev–Trinajstić information content (AvgIpc) is 2.52. The molecule has 2 rings (SSSR count). The quantitative estimate of drug-likeness (QED) is 0.619. The van der Waals surface area contributed by atoms with E-state index in [1.807, 2.05) is 19.2 Å². The maximum Gasteiger partial charge on any atom is 0.272 e. The topological polar surface area (TPSA) is 58.4 Å². The van der Waals surface area contributed by atoms with E-state index >= 15 is 0 Å². The normalized spacial score (nSPS) is 17.0. The molecule has 1 aromatic carbocycles. The molecule has 116 valence electrons. The van der Waals surface area contributed by atoms with Crippen molar-refractivity contribution in [2.45, 2.75) is 25.7 Å². The number of nitro benzene ring substituents is 1. The number of likely N-dealkylation sites (tertiary alicyclic amines) is 1. The zero-order valence-electron chi connectivity index (χ0n) is 12.8. The molecule has 1 fully saturated rings. The van der Waals surface area contributed by atoms with Gasteiger partial charge in [0.15, 0.2) is 0 Å². The highest BCUT2D eigenvalue weighted by Crippen LogP contribution is 2.22. The molecule has 1 aliphatic rings. The number of benzene rings is 1. The molecular formula is C16H25N3O2. The van der Waals surface area contributed by atoms with Crippen molar-refractivity contribution in [2.75, 3.05) is 33.2 Å². The van der Waals surface area contributed by atoms with Gasteiger partial charge in [0.2, 0.25) is 0 Å². The average molecular weight is 291 g/mol. The van der Waals surface area contributed by atoms with Gasteiger partial charge in [-0.05, 0) is 58.3 Å². The molecule has 0 aromatic heterocycles. The third kappa shape index (κ3) is 4.79. The third-order valence-corrected chi connectivity index (χ3v) is 4.40. The second-order valence-electron chi connectivity index (χ2n) is 5.81. The van der Waals surface area contributed by atoms with E-state index in [0.29, 0.717) is 0 Å². The molecule has 1 heterocycles. The lowest BCUT2D eigenvalue weighted by atomic mass is 9.93. The Morgan fingerprint density at radius 3 is 2.71 bits per heavy atom. The maximum absolute atomic E-state index is 11.0. The van der Waals surface area contributed by atoms with Crippen LogP contribution < -0.4 is 5.32 Å². The van der Waals surface area contributed by atoms with E-state index < -0.39 is 0 Å². The minimum absolute atomic E-state index is 0.251. The monoisotopic (exact) mass is 291 g/mol. The Balaban J connectivity index is 1.79. The fourth-order valence-electron chi connectivity index (χ4n) is 3.03. The van der Waals surface area contributed by atoms with Crippen molar-refractivity contribution in [3.8, 4) is 0 Å². The Hall–Kier alpha value is -1.46. The first kappa shape index (κ1) is 15.9. The smallest absolute Gasteiger partial charge is 0.272 e. The second kappa shape index (κ2) is 8.10. The summed E-state index contributed by atoms with van der Waals surface area (Å²) in [6.45, 7) is 4.26. The van der Waals surface area contributed by atoms with Gasteiger partial charge in [-0.2, -0.15) is 0 Å². The van der Waals surface area contributed by atoms with Crippen LogP contribution in [0.25, 0.3) is 0 Å². The van der Waals surface area contributed by atoms with Gasteiger partial charge in [-0.3, -0.25) is 10.1 Å². The second-order valence-corrected chi connectivity index (χ2v) is 5.81. The van der Waals surface area contributed by atoms with Gasteiger partial charge in [0.25, 0.3) is 5.69 Å². The van der Waals surface area contributed by atoms with Crippen molar-refractivity contribution in [2.24, 2.45) is 5.92 Å². The van der Waals surface area contributed by atoms with Crippen molar-refractivity contribution in [3.05, 3.63) is 39.9 Å². The molecule has 5 nitrogen and oxygen atoms in total. The first-order valence-electron chi connectivity index (χ1n) is 7.80. The van der Waals surface area contributed by atoms with Gasteiger partial charge < -0.3 is 10.2 Å². The van der Waals surface area contributed by atoms with Gasteiger partial charge in [-0.1, -0.05) is 18.2 Å². The van der Waals surface area contributed by atoms with E-state index in [4.69, 9.17) is 0 Å². The zero-order valence-corrected chi connectivity index (χ0v) is 12.8. The summed E-state index contributed by atoms with van der Waals surface area (Å²) in [6, 6.07) is 7.08. The molecule has 0 spiro atoms. The van der Waals surface area contributed by atoms with Crippen LogP contribution in [-0.2, 0) is 6.42 Å². The largest absolute Gasteiger partial charge is 0.320 e. The number of piperidine rings is 1. The number of nitrogens with one attached hydrogen (secondary N) is 1. The van der Waals surface area contributed by atoms with E-state index in [9.17, 15) is 10.1 Å². The fourth-order valence-corrected chi connectivity index (χ4v) is 3.03. The first-order valence-corrected chi connectivity index (χ1v) is 7.80. The van der Waals surface area contributed by atoms with Crippen LogP contribution in [0.1, 0.15) is 24.8 Å². The Morgan fingerprint density at radius 2 is 2.05 bits per heavy atom. The van der Waals surface area contributed by atoms with Gasteiger partial charge in [-0.25, -0.2) is 0 Å². The van der Waals surface area contributed by atoms with Crippen LogP contribution in [0.15, 0.2) is 24.3 Å². The van der Waals surface area contributed by atoms with E-state index in [2.05, 4.69) is 10.2 Å². The maximum atomic E-state index is 11.0. The highest BCUT2D eigenvalue weighted by atomic mass is 16.6. The van der Waals surface area contributed by atoms with Gasteiger partial charge >= 0.3 is 0 Å². The Bertz CT molecular complexity index is 457. The number of hydrogen-bond acceptors (Lipinski definition) is 4. The van der Waals surface area contributed by atoms with Crippen LogP contribution in [0, 0.1) is 16.0 Å². The molecule has 1 aromatic rings. The molecule has 0 saturated carbocycles. The molecule has 0 atom stereocenters. The zero-order chi connectivity index (χ0) is 15.1. The summed E-state index contributed by atoms with van der Waals surface area (Å²) in [6.07, 6.45) is 4.52. The third-order valence-electron chi connectivity index (χ3n) is 4.40. The molecule has 0 amide bonds.